The van der Waals surface area contributed by atoms with E-state index in [-0.39, 0.29) is 18.4 Å². The molecule has 150 valence electrons. The monoisotopic (exact) mass is 413 g/mol. The van der Waals surface area contributed by atoms with E-state index in [0.29, 0.717) is 36.1 Å². The predicted molar refractivity (Wildman–Crippen MR) is 109 cm³/mol. The maximum Gasteiger partial charge on any atom is 0.315 e. The molecule has 0 unspecified atom stereocenters. The third kappa shape index (κ3) is 4.05. The third-order valence-electron chi connectivity index (χ3n) is 5.16. The van der Waals surface area contributed by atoms with Crippen LogP contribution in [-0.2, 0) is 20.8 Å². The van der Waals surface area contributed by atoms with Gasteiger partial charge in [-0.05, 0) is 37.3 Å². The molecule has 4 rings (SSSR count). The maximum absolute atomic E-state index is 12.7. The van der Waals surface area contributed by atoms with E-state index in [1.54, 1.807) is 23.1 Å². The quantitative estimate of drug-likeness (QED) is 0.465. The second-order valence-corrected chi connectivity index (χ2v) is 7.63. The maximum atomic E-state index is 12.7. The van der Waals surface area contributed by atoms with Crippen LogP contribution >= 0.6 is 11.6 Å². The van der Waals surface area contributed by atoms with Crippen LogP contribution in [0.15, 0.2) is 42.5 Å². The Morgan fingerprint density at radius 3 is 2.62 bits per heavy atom. The van der Waals surface area contributed by atoms with Crippen molar-refractivity contribution < 1.29 is 19.1 Å². The summed E-state index contributed by atoms with van der Waals surface area (Å²) in [6, 6.07) is 12.4. The van der Waals surface area contributed by atoms with E-state index in [0.717, 1.165) is 11.3 Å². The Morgan fingerprint density at radius 1 is 1.14 bits per heavy atom. The molecule has 1 saturated heterocycles. The summed E-state index contributed by atoms with van der Waals surface area (Å²) >= 11 is 5.94. The zero-order chi connectivity index (χ0) is 20.5. The van der Waals surface area contributed by atoms with Gasteiger partial charge in [-0.2, -0.15) is 0 Å². The minimum absolute atomic E-state index is 0.126. The van der Waals surface area contributed by atoms with Crippen molar-refractivity contribution >= 4 is 40.8 Å². The summed E-state index contributed by atoms with van der Waals surface area (Å²) < 4.78 is 5.08. The number of carbonyl (C=O) groups is 3. The van der Waals surface area contributed by atoms with Crippen molar-refractivity contribution in [3.05, 3.63) is 53.1 Å². The lowest BCUT2D eigenvalue weighted by molar-refractivity contribution is -0.144. The highest BCUT2D eigenvalue weighted by Gasteiger charge is 2.31. The van der Waals surface area contributed by atoms with Crippen molar-refractivity contribution in [1.29, 1.82) is 0 Å². The average Bonchev–Trinajstić information content (AvgIpc) is 3.07. The molecule has 29 heavy (non-hydrogen) atoms. The lowest BCUT2D eigenvalue weighted by Crippen LogP contribution is -2.56. The summed E-state index contributed by atoms with van der Waals surface area (Å²) in [6.07, 6.45) is 0.220. The van der Waals surface area contributed by atoms with Gasteiger partial charge >= 0.3 is 17.8 Å². The SMILES string of the molecule is C[C@H]1CN(c2ccc(Cl)cc2)CCN1C(=O)C(=O)Nc1ccc2c(c1)OC(=O)C2. The summed E-state index contributed by atoms with van der Waals surface area (Å²) in [5.41, 5.74) is 2.22. The molecule has 2 aromatic carbocycles. The van der Waals surface area contributed by atoms with Crippen molar-refractivity contribution in [2.75, 3.05) is 29.9 Å². The van der Waals surface area contributed by atoms with Gasteiger partial charge in [0.2, 0.25) is 0 Å². The van der Waals surface area contributed by atoms with Crippen molar-refractivity contribution in [2.24, 2.45) is 0 Å². The molecule has 0 radical (unpaired) electrons. The first kappa shape index (κ1) is 19.3. The number of halogens is 1. The Labute approximate surface area is 173 Å². The molecule has 7 nitrogen and oxygen atoms in total. The predicted octanol–water partition coefficient (Wildman–Crippen LogP) is 2.48. The Hall–Kier alpha value is -3.06. The minimum Gasteiger partial charge on any atom is -0.426 e. The number of rotatable bonds is 2. The standard InChI is InChI=1S/C21H20ClN3O4/c1-13-12-24(17-6-3-15(22)4-7-17)8-9-25(13)21(28)20(27)23-16-5-2-14-10-19(26)29-18(14)11-16/h2-7,11,13H,8-10,12H2,1H3,(H,23,27)/t13-/m0/s1. The van der Waals surface area contributed by atoms with Crippen LogP contribution in [0.3, 0.4) is 0 Å². The van der Waals surface area contributed by atoms with Crippen molar-refractivity contribution in [2.45, 2.75) is 19.4 Å². The smallest absolute Gasteiger partial charge is 0.315 e. The molecule has 2 aliphatic rings. The number of piperazine rings is 1. The van der Waals surface area contributed by atoms with Crippen molar-refractivity contribution in [3.8, 4) is 5.75 Å². The second kappa shape index (κ2) is 7.75. The van der Waals surface area contributed by atoms with Gasteiger partial charge in [0.1, 0.15) is 5.75 Å². The van der Waals surface area contributed by atoms with Crippen LogP contribution in [-0.4, -0.2) is 48.4 Å². The normalized spacial score (nSPS) is 18.3. The lowest BCUT2D eigenvalue weighted by atomic mass is 10.1. The molecule has 0 bridgehead atoms. The number of esters is 1. The van der Waals surface area contributed by atoms with Crippen molar-refractivity contribution in [3.63, 3.8) is 0 Å². The average molecular weight is 414 g/mol. The molecule has 0 aliphatic carbocycles. The summed E-state index contributed by atoms with van der Waals surface area (Å²) in [6.45, 7) is 3.61. The minimum atomic E-state index is -0.707. The van der Waals surface area contributed by atoms with Crippen LogP contribution in [0.1, 0.15) is 12.5 Å². The van der Waals surface area contributed by atoms with Gasteiger partial charge in [-0.15, -0.1) is 0 Å². The van der Waals surface area contributed by atoms with Gasteiger partial charge in [0.05, 0.1) is 6.42 Å². The molecule has 1 atom stereocenters. The second-order valence-electron chi connectivity index (χ2n) is 7.20. The Balaban J connectivity index is 1.38. The number of carbonyl (C=O) groups excluding carboxylic acids is 3. The molecule has 2 heterocycles. The van der Waals surface area contributed by atoms with Crippen LogP contribution < -0.4 is 15.0 Å². The number of hydrogen-bond donors (Lipinski definition) is 1. The number of hydrogen-bond acceptors (Lipinski definition) is 5. The van der Waals surface area contributed by atoms with Crippen LogP contribution in [0.2, 0.25) is 5.02 Å². The Kier molecular flexibility index (Phi) is 5.15. The van der Waals surface area contributed by atoms with E-state index in [9.17, 15) is 14.4 Å². The number of nitrogens with zero attached hydrogens (tertiary/aromatic N) is 2. The van der Waals surface area contributed by atoms with Crippen LogP contribution in [0.25, 0.3) is 0 Å². The molecule has 0 spiro atoms. The van der Waals surface area contributed by atoms with Crippen molar-refractivity contribution in [1.82, 2.24) is 4.90 Å². The Morgan fingerprint density at radius 2 is 1.90 bits per heavy atom. The highest BCUT2D eigenvalue weighted by Crippen LogP contribution is 2.29. The molecule has 1 N–H and O–H groups in total. The van der Waals surface area contributed by atoms with E-state index < -0.39 is 11.8 Å². The molecule has 2 aromatic rings. The molecular formula is C21H20ClN3O4. The zero-order valence-corrected chi connectivity index (χ0v) is 16.6. The first-order chi connectivity index (χ1) is 13.9. The first-order valence-electron chi connectivity index (χ1n) is 9.37. The number of amides is 2. The first-order valence-corrected chi connectivity index (χ1v) is 9.74. The number of fused-ring (bicyclic) bond motifs is 1. The van der Waals surface area contributed by atoms with Gasteiger partial charge in [-0.25, -0.2) is 0 Å². The molecule has 1 fully saturated rings. The Bertz CT molecular complexity index is 976. The summed E-state index contributed by atoms with van der Waals surface area (Å²) in [5.74, 6) is -1.19. The fourth-order valence-electron chi connectivity index (χ4n) is 3.65. The van der Waals surface area contributed by atoms with Gasteiger partial charge in [0.15, 0.2) is 0 Å². The summed E-state index contributed by atoms with van der Waals surface area (Å²) in [4.78, 5) is 40.2. The highest BCUT2D eigenvalue weighted by molar-refractivity contribution is 6.39. The number of benzene rings is 2. The molecular weight excluding hydrogens is 394 g/mol. The topological polar surface area (TPSA) is 79.0 Å². The number of anilines is 2. The van der Waals surface area contributed by atoms with E-state index in [1.165, 1.54) is 0 Å². The van der Waals surface area contributed by atoms with E-state index in [1.807, 2.05) is 31.2 Å². The third-order valence-corrected chi connectivity index (χ3v) is 5.41. The largest absolute Gasteiger partial charge is 0.426 e. The van der Waals surface area contributed by atoms with Gasteiger partial charge in [-0.1, -0.05) is 17.7 Å². The van der Waals surface area contributed by atoms with E-state index >= 15 is 0 Å². The van der Waals surface area contributed by atoms with Crippen LogP contribution in [0.4, 0.5) is 11.4 Å². The molecule has 2 aliphatic heterocycles. The number of ether oxygens (including phenoxy) is 1. The van der Waals surface area contributed by atoms with Gasteiger partial charge in [0.25, 0.3) is 0 Å². The lowest BCUT2D eigenvalue weighted by Gasteiger charge is -2.40. The highest BCUT2D eigenvalue weighted by atomic mass is 35.5. The van der Waals surface area contributed by atoms with Crippen LogP contribution in [0, 0.1) is 0 Å². The fourth-order valence-corrected chi connectivity index (χ4v) is 3.77. The van der Waals surface area contributed by atoms with E-state index in [2.05, 4.69) is 10.2 Å². The summed E-state index contributed by atoms with van der Waals surface area (Å²) in [7, 11) is 0. The zero-order valence-electron chi connectivity index (χ0n) is 15.9. The molecule has 0 saturated carbocycles. The molecule has 0 aromatic heterocycles. The van der Waals surface area contributed by atoms with E-state index in [4.69, 9.17) is 16.3 Å². The van der Waals surface area contributed by atoms with Gasteiger partial charge in [-0.3, -0.25) is 14.4 Å². The van der Waals surface area contributed by atoms with Crippen LogP contribution in [0.5, 0.6) is 5.75 Å². The van der Waals surface area contributed by atoms with Gasteiger partial charge < -0.3 is 19.9 Å². The number of nitrogens with one attached hydrogen (secondary N) is 1. The van der Waals surface area contributed by atoms with Gasteiger partial charge in [0, 0.05) is 53.7 Å². The summed E-state index contributed by atoms with van der Waals surface area (Å²) in [5, 5.41) is 3.28. The molecule has 8 heteroatoms. The fraction of sp³-hybridized carbons (Fsp3) is 0.286. The molecule has 2 amide bonds.